The van der Waals surface area contributed by atoms with Gasteiger partial charge in [-0.3, -0.25) is 4.79 Å². The van der Waals surface area contributed by atoms with Gasteiger partial charge in [0.05, 0.1) is 10.0 Å². The molecule has 0 N–H and O–H groups in total. The second-order valence-corrected chi connectivity index (χ2v) is 5.11. The minimum absolute atomic E-state index is 0.118. The fraction of sp³-hybridized carbons (Fsp3) is 0.133. The van der Waals surface area contributed by atoms with Gasteiger partial charge < -0.3 is 0 Å². The number of hydrogen-bond donors (Lipinski definition) is 0. The van der Waals surface area contributed by atoms with Crippen molar-refractivity contribution in [2.45, 2.75) is 13.3 Å². The van der Waals surface area contributed by atoms with Gasteiger partial charge in [0, 0.05) is 12.0 Å². The number of rotatable bonds is 3. The lowest BCUT2D eigenvalue weighted by atomic mass is 9.99. The highest BCUT2D eigenvalue weighted by Gasteiger charge is 2.11. The third-order valence-corrected chi connectivity index (χ3v) is 3.64. The largest absolute Gasteiger partial charge is 0.294 e. The minimum atomic E-state index is -0.345. The predicted molar refractivity (Wildman–Crippen MR) is 75.6 cm³/mol. The average molecular weight is 297 g/mol. The maximum absolute atomic E-state index is 13.2. The predicted octanol–water partition coefficient (Wildman–Crippen LogP) is 4.87. The molecule has 2 rings (SSSR count). The monoisotopic (exact) mass is 296 g/mol. The fourth-order valence-corrected chi connectivity index (χ4v) is 2.07. The van der Waals surface area contributed by atoms with Crippen molar-refractivity contribution >= 4 is 29.0 Å². The van der Waals surface area contributed by atoms with E-state index in [4.69, 9.17) is 23.2 Å². The van der Waals surface area contributed by atoms with Crippen LogP contribution in [0.2, 0.25) is 10.0 Å². The van der Waals surface area contributed by atoms with E-state index in [0.717, 1.165) is 5.56 Å². The Kier molecular flexibility index (Phi) is 4.23. The highest BCUT2D eigenvalue weighted by molar-refractivity contribution is 6.42. The van der Waals surface area contributed by atoms with Crippen LogP contribution in [-0.2, 0) is 6.42 Å². The average Bonchev–Trinajstić information content (AvgIpc) is 2.37. The zero-order valence-electron chi connectivity index (χ0n) is 10.2. The molecule has 0 heterocycles. The Morgan fingerprint density at radius 1 is 1.11 bits per heavy atom. The summed E-state index contributed by atoms with van der Waals surface area (Å²) in [5.74, 6) is -0.463. The summed E-state index contributed by atoms with van der Waals surface area (Å²) in [6.07, 6.45) is 0.140. The number of aryl methyl sites for hydroxylation is 1. The molecule has 0 unspecified atom stereocenters. The van der Waals surface area contributed by atoms with E-state index >= 15 is 0 Å². The van der Waals surface area contributed by atoms with Crippen molar-refractivity contribution < 1.29 is 9.18 Å². The molecule has 0 bridgehead atoms. The zero-order chi connectivity index (χ0) is 14.0. The summed E-state index contributed by atoms with van der Waals surface area (Å²) in [4.78, 5) is 12.1. The first-order valence-corrected chi connectivity index (χ1v) is 6.46. The number of carbonyl (C=O) groups excluding carboxylic acids is 1. The lowest BCUT2D eigenvalue weighted by Gasteiger charge is -2.06. The van der Waals surface area contributed by atoms with Gasteiger partial charge >= 0.3 is 0 Å². The Balaban J connectivity index is 2.25. The molecule has 4 heteroatoms. The molecule has 0 aromatic heterocycles. The van der Waals surface area contributed by atoms with E-state index in [9.17, 15) is 9.18 Å². The van der Waals surface area contributed by atoms with Gasteiger partial charge in [0.25, 0.3) is 0 Å². The molecule has 19 heavy (non-hydrogen) atoms. The van der Waals surface area contributed by atoms with E-state index in [0.29, 0.717) is 21.2 Å². The lowest BCUT2D eigenvalue weighted by Crippen LogP contribution is -2.05. The molecule has 98 valence electrons. The van der Waals surface area contributed by atoms with E-state index in [2.05, 4.69) is 0 Å². The third kappa shape index (κ3) is 3.34. The normalized spacial score (nSPS) is 10.5. The molecule has 0 spiro atoms. The van der Waals surface area contributed by atoms with Crippen molar-refractivity contribution in [3.8, 4) is 0 Å². The Morgan fingerprint density at radius 2 is 1.84 bits per heavy atom. The molecule has 0 saturated carbocycles. The van der Waals surface area contributed by atoms with Crippen molar-refractivity contribution in [3.05, 3.63) is 69.0 Å². The van der Waals surface area contributed by atoms with E-state index in [1.807, 2.05) is 6.92 Å². The summed E-state index contributed by atoms with van der Waals surface area (Å²) in [6, 6.07) is 9.14. The molecule has 0 aliphatic rings. The Labute approximate surface area is 121 Å². The van der Waals surface area contributed by atoms with Gasteiger partial charge in [0.2, 0.25) is 0 Å². The number of benzene rings is 2. The molecule has 2 aromatic rings. The van der Waals surface area contributed by atoms with Gasteiger partial charge in [-0.25, -0.2) is 4.39 Å². The molecular formula is C15H11Cl2FO. The van der Waals surface area contributed by atoms with Crippen LogP contribution in [-0.4, -0.2) is 5.78 Å². The van der Waals surface area contributed by atoms with Crippen molar-refractivity contribution in [1.29, 1.82) is 0 Å². The Bertz CT molecular complexity index is 638. The van der Waals surface area contributed by atoms with Crippen LogP contribution in [0.15, 0.2) is 36.4 Å². The standard InChI is InChI=1S/C15H11Cl2FO/c1-9-2-4-12(18)6-11(9)8-15(19)10-3-5-13(16)14(17)7-10/h2-7H,8H2,1H3. The van der Waals surface area contributed by atoms with Crippen LogP contribution in [0.25, 0.3) is 0 Å². The zero-order valence-corrected chi connectivity index (χ0v) is 11.7. The Morgan fingerprint density at radius 3 is 2.53 bits per heavy atom. The fourth-order valence-electron chi connectivity index (χ4n) is 1.78. The molecule has 0 aliphatic heterocycles. The number of halogens is 3. The molecule has 0 atom stereocenters. The number of Topliss-reactive ketones (excluding diaryl/α,β-unsaturated/α-hetero) is 1. The lowest BCUT2D eigenvalue weighted by molar-refractivity contribution is 0.0992. The minimum Gasteiger partial charge on any atom is -0.294 e. The first-order valence-electron chi connectivity index (χ1n) is 5.70. The second-order valence-electron chi connectivity index (χ2n) is 4.30. The third-order valence-electron chi connectivity index (χ3n) is 2.90. The van der Waals surface area contributed by atoms with Crippen LogP contribution < -0.4 is 0 Å². The maximum Gasteiger partial charge on any atom is 0.167 e. The molecule has 2 aromatic carbocycles. The maximum atomic E-state index is 13.2. The summed E-state index contributed by atoms with van der Waals surface area (Å²) >= 11 is 11.7. The van der Waals surface area contributed by atoms with E-state index in [1.165, 1.54) is 18.2 Å². The summed E-state index contributed by atoms with van der Waals surface area (Å²) in [5, 5.41) is 0.739. The number of carbonyl (C=O) groups is 1. The van der Waals surface area contributed by atoms with Crippen LogP contribution in [0, 0.1) is 12.7 Å². The van der Waals surface area contributed by atoms with Crippen LogP contribution >= 0.6 is 23.2 Å². The summed E-state index contributed by atoms with van der Waals surface area (Å²) in [7, 11) is 0. The van der Waals surface area contributed by atoms with Crippen LogP contribution in [0.1, 0.15) is 21.5 Å². The summed E-state index contributed by atoms with van der Waals surface area (Å²) < 4.78 is 13.2. The van der Waals surface area contributed by atoms with Crippen LogP contribution in [0.4, 0.5) is 4.39 Å². The number of hydrogen-bond acceptors (Lipinski definition) is 1. The highest BCUT2D eigenvalue weighted by atomic mass is 35.5. The quantitative estimate of drug-likeness (QED) is 0.739. The highest BCUT2D eigenvalue weighted by Crippen LogP contribution is 2.23. The first kappa shape index (κ1) is 14.0. The van der Waals surface area contributed by atoms with Gasteiger partial charge in [0.1, 0.15) is 5.82 Å². The van der Waals surface area contributed by atoms with E-state index in [-0.39, 0.29) is 18.0 Å². The summed E-state index contributed by atoms with van der Waals surface area (Å²) in [5.41, 5.74) is 2.03. The number of ketones is 1. The first-order chi connectivity index (χ1) is 8.97. The van der Waals surface area contributed by atoms with Crippen molar-refractivity contribution in [2.75, 3.05) is 0 Å². The van der Waals surface area contributed by atoms with Gasteiger partial charge in [-0.15, -0.1) is 0 Å². The SMILES string of the molecule is Cc1ccc(F)cc1CC(=O)c1ccc(Cl)c(Cl)c1. The smallest absolute Gasteiger partial charge is 0.167 e. The van der Waals surface area contributed by atoms with E-state index < -0.39 is 0 Å². The van der Waals surface area contributed by atoms with Crippen LogP contribution in [0.5, 0.6) is 0 Å². The van der Waals surface area contributed by atoms with Gasteiger partial charge in [-0.1, -0.05) is 29.3 Å². The molecule has 0 amide bonds. The topological polar surface area (TPSA) is 17.1 Å². The molecule has 1 nitrogen and oxygen atoms in total. The van der Waals surface area contributed by atoms with Crippen molar-refractivity contribution in [1.82, 2.24) is 0 Å². The summed E-state index contributed by atoms with van der Waals surface area (Å²) in [6.45, 7) is 1.84. The molecule has 0 radical (unpaired) electrons. The second kappa shape index (κ2) is 5.72. The molecule has 0 aliphatic carbocycles. The van der Waals surface area contributed by atoms with Gasteiger partial charge in [-0.05, 0) is 48.4 Å². The van der Waals surface area contributed by atoms with Crippen molar-refractivity contribution in [2.24, 2.45) is 0 Å². The van der Waals surface area contributed by atoms with Gasteiger partial charge in [-0.2, -0.15) is 0 Å². The van der Waals surface area contributed by atoms with Crippen molar-refractivity contribution in [3.63, 3.8) is 0 Å². The molecule has 0 saturated heterocycles. The Hall–Kier alpha value is -1.38. The van der Waals surface area contributed by atoms with Gasteiger partial charge in [0.15, 0.2) is 5.78 Å². The van der Waals surface area contributed by atoms with Crippen LogP contribution in [0.3, 0.4) is 0 Å². The molecular weight excluding hydrogens is 286 g/mol. The molecule has 0 fully saturated rings. The van der Waals surface area contributed by atoms with E-state index in [1.54, 1.807) is 18.2 Å².